The van der Waals surface area contributed by atoms with Crippen molar-refractivity contribution in [3.05, 3.63) is 47.7 Å². The van der Waals surface area contributed by atoms with Crippen LogP contribution in [0.5, 0.6) is 11.5 Å². The van der Waals surface area contributed by atoms with E-state index in [-0.39, 0.29) is 0 Å². The number of aromatic nitrogens is 1. The van der Waals surface area contributed by atoms with Crippen molar-refractivity contribution < 1.29 is 9.47 Å². The highest BCUT2D eigenvalue weighted by atomic mass is 16.5. The first-order valence-electron chi connectivity index (χ1n) is 8.26. The van der Waals surface area contributed by atoms with Crippen LogP contribution in [0, 0.1) is 6.92 Å². The lowest BCUT2D eigenvalue weighted by molar-refractivity contribution is 0.199. The topological polar surface area (TPSA) is 43.4 Å². The molecule has 0 amide bonds. The van der Waals surface area contributed by atoms with Gasteiger partial charge < -0.3 is 14.8 Å². The molecule has 1 aromatic heterocycles. The molecule has 0 unspecified atom stereocenters. The fourth-order valence-electron chi connectivity index (χ4n) is 3.00. The second-order valence-electron chi connectivity index (χ2n) is 5.99. The number of hydrogen-bond acceptors (Lipinski definition) is 4. The highest BCUT2D eigenvalue weighted by Gasteiger charge is 2.20. The van der Waals surface area contributed by atoms with Crippen molar-refractivity contribution >= 4 is 5.82 Å². The van der Waals surface area contributed by atoms with Gasteiger partial charge in [0.1, 0.15) is 5.82 Å². The standard InChI is InChI=1S/C19H24N2O2/c1-14-7-5-12-18(21-14)20-13-15-8-6-11-17(22-2)19(15)23-16-9-3-4-10-16/h5-8,11-12,16H,3-4,9-10,13H2,1-2H3,(H,20,21). The Labute approximate surface area is 137 Å². The molecule has 122 valence electrons. The molecule has 0 saturated heterocycles. The van der Waals surface area contributed by atoms with Crippen molar-refractivity contribution in [2.75, 3.05) is 12.4 Å². The van der Waals surface area contributed by atoms with E-state index < -0.39 is 0 Å². The molecule has 1 N–H and O–H groups in total. The highest BCUT2D eigenvalue weighted by Crippen LogP contribution is 2.35. The quantitative estimate of drug-likeness (QED) is 0.862. The average molecular weight is 312 g/mol. The first-order chi connectivity index (χ1) is 11.3. The summed E-state index contributed by atoms with van der Waals surface area (Å²) in [6.07, 6.45) is 5.07. The molecular formula is C19H24N2O2. The van der Waals surface area contributed by atoms with Crippen molar-refractivity contribution in [3.63, 3.8) is 0 Å². The molecule has 0 radical (unpaired) electrons. The van der Waals surface area contributed by atoms with Crippen molar-refractivity contribution in [2.24, 2.45) is 0 Å². The maximum absolute atomic E-state index is 6.26. The number of benzene rings is 1. The Bertz CT molecular complexity index is 652. The zero-order valence-electron chi connectivity index (χ0n) is 13.8. The van der Waals surface area contributed by atoms with Crippen LogP contribution >= 0.6 is 0 Å². The molecule has 2 aromatic rings. The average Bonchev–Trinajstić information content (AvgIpc) is 3.07. The number of nitrogens with one attached hydrogen (secondary N) is 1. The fourth-order valence-corrected chi connectivity index (χ4v) is 3.00. The van der Waals surface area contributed by atoms with E-state index in [2.05, 4.69) is 16.4 Å². The molecule has 0 bridgehead atoms. The van der Waals surface area contributed by atoms with Crippen LogP contribution in [-0.4, -0.2) is 18.2 Å². The van der Waals surface area contributed by atoms with E-state index in [1.54, 1.807) is 7.11 Å². The van der Waals surface area contributed by atoms with Gasteiger partial charge in [-0.05, 0) is 50.8 Å². The predicted octanol–water partition coefficient (Wildman–Crippen LogP) is 4.33. The van der Waals surface area contributed by atoms with Gasteiger partial charge in [-0.15, -0.1) is 0 Å². The number of aryl methyl sites for hydroxylation is 1. The Morgan fingerprint density at radius 3 is 2.65 bits per heavy atom. The van der Waals surface area contributed by atoms with Crippen molar-refractivity contribution in [3.8, 4) is 11.5 Å². The number of ether oxygens (including phenoxy) is 2. The number of pyridine rings is 1. The molecule has 1 heterocycles. The number of methoxy groups -OCH3 is 1. The normalized spacial score (nSPS) is 14.7. The molecule has 4 heteroatoms. The van der Waals surface area contributed by atoms with Gasteiger partial charge in [-0.3, -0.25) is 0 Å². The van der Waals surface area contributed by atoms with E-state index in [4.69, 9.17) is 9.47 Å². The lowest BCUT2D eigenvalue weighted by atomic mass is 10.1. The van der Waals surface area contributed by atoms with Crippen molar-refractivity contribution in [1.82, 2.24) is 4.98 Å². The minimum Gasteiger partial charge on any atom is -0.493 e. The molecule has 1 saturated carbocycles. The third-order valence-electron chi connectivity index (χ3n) is 4.22. The summed E-state index contributed by atoms with van der Waals surface area (Å²) in [5.74, 6) is 2.54. The minimum atomic E-state index is 0.308. The van der Waals surface area contributed by atoms with Gasteiger partial charge in [0.15, 0.2) is 11.5 Å². The summed E-state index contributed by atoms with van der Waals surface area (Å²) < 4.78 is 11.8. The van der Waals surface area contributed by atoms with Crippen LogP contribution in [0.1, 0.15) is 36.9 Å². The van der Waals surface area contributed by atoms with Crippen LogP contribution in [0.2, 0.25) is 0 Å². The van der Waals surface area contributed by atoms with E-state index in [9.17, 15) is 0 Å². The largest absolute Gasteiger partial charge is 0.493 e. The monoisotopic (exact) mass is 312 g/mol. The third kappa shape index (κ3) is 3.95. The zero-order chi connectivity index (χ0) is 16.1. The second kappa shape index (κ2) is 7.36. The van der Waals surface area contributed by atoms with E-state index >= 15 is 0 Å². The first kappa shape index (κ1) is 15.7. The Hall–Kier alpha value is -2.23. The summed E-state index contributed by atoms with van der Waals surface area (Å²) in [5.41, 5.74) is 2.10. The van der Waals surface area contributed by atoms with E-state index in [1.807, 2.05) is 37.3 Å². The van der Waals surface area contributed by atoms with Crippen LogP contribution in [0.25, 0.3) is 0 Å². The maximum atomic E-state index is 6.26. The Balaban J connectivity index is 1.77. The fraction of sp³-hybridized carbons (Fsp3) is 0.421. The smallest absolute Gasteiger partial charge is 0.166 e. The molecule has 1 aliphatic rings. The van der Waals surface area contributed by atoms with Crippen LogP contribution in [0.4, 0.5) is 5.82 Å². The van der Waals surface area contributed by atoms with Gasteiger partial charge in [0.05, 0.1) is 13.2 Å². The maximum Gasteiger partial charge on any atom is 0.166 e. The van der Waals surface area contributed by atoms with Crippen molar-refractivity contribution in [2.45, 2.75) is 45.3 Å². The summed E-state index contributed by atoms with van der Waals surface area (Å²) in [6.45, 7) is 2.65. The minimum absolute atomic E-state index is 0.308. The lowest BCUT2D eigenvalue weighted by Gasteiger charge is -2.19. The highest BCUT2D eigenvalue weighted by molar-refractivity contribution is 5.48. The number of hydrogen-bond donors (Lipinski definition) is 1. The Morgan fingerprint density at radius 2 is 1.91 bits per heavy atom. The number of para-hydroxylation sites is 1. The number of anilines is 1. The van der Waals surface area contributed by atoms with Crippen LogP contribution < -0.4 is 14.8 Å². The van der Waals surface area contributed by atoms with E-state index in [1.165, 1.54) is 12.8 Å². The molecule has 1 aromatic carbocycles. The summed E-state index contributed by atoms with van der Waals surface area (Å²) in [4.78, 5) is 4.48. The SMILES string of the molecule is COc1cccc(CNc2cccc(C)n2)c1OC1CCCC1. The van der Waals surface area contributed by atoms with Gasteiger partial charge in [0.2, 0.25) is 0 Å². The molecule has 0 aliphatic heterocycles. The van der Waals surface area contributed by atoms with E-state index in [0.29, 0.717) is 12.6 Å². The predicted molar refractivity (Wildman–Crippen MR) is 92.2 cm³/mol. The second-order valence-corrected chi connectivity index (χ2v) is 5.99. The van der Waals surface area contributed by atoms with Crippen LogP contribution in [-0.2, 0) is 6.54 Å². The van der Waals surface area contributed by atoms with Gasteiger partial charge in [-0.1, -0.05) is 18.2 Å². The summed E-state index contributed by atoms with van der Waals surface area (Å²) in [7, 11) is 1.69. The van der Waals surface area contributed by atoms with Crippen LogP contribution in [0.15, 0.2) is 36.4 Å². The molecule has 0 atom stereocenters. The number of rotatable bonds is 6. The lowest BCUT2D eigenvalue weighted by Crippen LogP contribution is -2.14. The summed E-state index contributed by atoms with van der Waals surface area (Å²) in [5, 5.41) is 3.37. The van der Waals surface area contributed by atoms with Gasteiger partial charge in [-0.2, -0.15) is 0 Å². The third-order valence-corrected chi connectivity index (χ3v) is 4.22. The Morgan fingerprint density at radius 1 is 1.13 bits per heavy atom. The zero-order valence-corrected chi connectivity index (χ0v) is 13.8. The molecular weight excluding hydrogens is 288 g/mol. The summed E-state index contributed by atoms with van der Waals surface area (Å²) in [6, 6.07) is 12.0. The van der Waals surface area contributed by atoms with E-state index in [0.717, 1.165) is 41.4 Å². The molecule has 1 fully saturated rings. The molecule has 23 heavy (non-hydrogen) atoms. The molecule has 4 nitrogen and oxygen atoms in total. The van der Waals surface area contributed by atoms with Gasteiger partial charge in [0.25, 0.3) is 0 Å². The molecule has 1 aliphatic carbocycles. The summed E-state index contributed by atoms with van der Waals surface area (Å²) >= 11 is 0. The van der Waals surface area contributed by atoms with Gasteiger partial charge in [-0.25, -0.2) is 4.98 Å². The van der Waals surface area contributed by atoms with Gasteiger partial charge >= 0.3 is 0 Å². The van der Waals surface area contributed by atoms with Gasteiger partial charge in [0, 0.05) is 17.8 Å². The Kier molecular flexibility index (Phi) is 5.01. The molecule has 3 rings (SSSR count). The molecule has 0 spiro atoms. The number of nitrogens with zero attached hydrogens (tertiary/aromatic N) is 1. The van der Waals surface area contributed by atoms with Crippen LogP contribution in [0.3, 0.4) is 0 Å². The van der Waals surface area contributed by atoms with Crippen molar-refractivity contribution in [1.29, 1.82) is 0 Å². The first-order valence-corrected chi connectivity index (χ1v) is 8.26.